The Labute approximate surface area is 387 Å². The molecule has 0 aromatic heterocycles. The van der Waals surface area contributed by atoms with E-state index in [2.05, 4.69) is 19.2 Å². The maximum atomic E-state index is 13.1. The van der Waals surface area contributed by atoms with Crippen molar-refractivity contribution in [1.29, 1.82) is 0 Å². The van der Waals surface area contributed by atoms with Crippen molar-refractivity contribution in [2.24, 2.45) is 0 Å². The summed E-state index contributed by atoms with van der Waals surface area (Å²) in [6.45, 7) is 2.83. The van der Waals surface area contributed by atoms with Gasteiger partial charge in [0, 0.05) is 6.42 Å². The molecule has 12 unspecified atom stereocenters. The topological polar surface area (TPSA) is 228 Å². The van der Waals surface area contributed by atoms with Gasteiger partial charge in [-0.15, -0.1) is 0 Å². The zero-order chi connectivity index (χ0) is 46.8. The molecule has 0 saturated carbocycles. The molecule has 0 aromatic carbocycles. The van der Waals surface area contributed by atoms with E-state index in [1.165, 1.54) is 141 Å². The highest BCUT2D eigenvalue weighted by Crippen LogP contribution is 2.30. The molecule has 9 N–H and O–H groups in total. The minimum atomic E-state index is -1.78. The van der Waals surface area contributed by atoms with Gasteiger partial charge in [0.15, 0.2) is 12.6 Å². The van der Waals surface area contributed by atoms with Gasteiger partial charge >= 0.3 is 0 Å². The molecule has 0 bridgehead atoms. The maximum Gasteiger partial charge on any atom is 0.220 e. The van der Waals surface area contributed by atoms with Crippen LogP contribution in [0, 0.1) is 0 Å². The highest BCUT2D eigenvalue weighted by Gasteiger charge is 2.51. The van der Waals surface area contributed by atoms with Gasteiger partial charge in [0.05, 0.1) is 32.0 Å². The lowest BCUT2D eigenvalue weighted by atomic mass is 9.97. The molecule has 2 aliphatic rings. The number of hydrogen-bond acceptors (Lipinski definition) is 13. The van der Waals surface area contributed by atoms with Crippen LogP contribution in [0.25, 0.3) is 0 Å². The number of amides is 1. The second-order valence-corrected chi connectivity index (χ2v) is 19.0. The first-order chi connectivity index (χ1) is 31.1. The summed E-state index contributed by atoms with van der Waals surface area (Å²) in [7, 11) is 0. The standard InChI is InChI=1S/C50H97NO13/c1-3-5-7-9-11-13-14-15-16-17-18-19-20-21-22-23-24-25-26-27-29-31-33-39(54)38(51-42(55)34-32-30-28-12-10-8-6-4-2)37-61-49-47(60)45(58)48(41(36-53)63-49)64-50-46(59)44(57)43(56)40(35-52)62-50/h38-41,43-50,52-54,56-60H,3-37H2,1-2H3,(H,51,55). The second-order valence-electron chi connectivity index (χ2n) is 19.0. The molecule has 0 radical (unpaired) electrons. The summed E-state index contributed by atoms with van der Waals surface area (Å²) in [6.07, 6.45) is 21.3. The summed E-state index contributed by atoms with van der Waals surface area (Å²) in [5.74, 6) is -0.209. The molecule has 2 saturated heterocycles. The number of carbonyl (C=O) groups is 1. The Bertz CT molecular complexity index is 1090. The van der Waals surface area contributed by atoms with Crippen molar-refractivity contribution in [1.82, 2.24) is 5.32 Å². The molecule has 2 rings (SSSR count). The fraction of sp³-hybridized carbons (Fsp3) is 0.980. The second kappa shape index (κ2) is 37.9. The van der Waals surface area contributed by atoms with E-state index in [1.54, 1.807) is 0 Å². The number of aliphatic hydroxyl groups excluding tert-OH is 8. The van der Waals surface area contributed by atoms with Crippen LogP contribution in [0.5, 0.6) is 0 Å². The van der Waals surface area contributed by atoms with Crippen molar-refractivity contribution in [3.8, 4) is 0 Å². The van der Waals surface area contributed by atoms with E-state index in [-0.39, 0.29) is 12.5 Å². The van der Waals surface area contributed by atoms with Crippen molar-refractivity contribution >= 4 is 5.91 Å². The van der Waals surface area contributed by atoms with E-state index in [4.69, 9.17) is 18.9 Å². The Kier molecular flexibility index (Phi) is 35.0. The fourth-order valence-corrected chi connectivity index (χ4v) is 9.00. The molecule has 2 fully saturated rings. The lowest BCUT2D eigenvalue weighted by Crippen LogP contribution is -2.65. The Morgan fingerprint density at radius 1 is 0.500 bits per heavy atom. The molecule has 0 spiro atoms. The van der Waals surface area contributed by atoms with Gasteiger partial charge in [-0.25, -0.2) is 0 Å². The van der Waals surface area contributed by atoms with Crippen molar-refractivity contribution in [3.63, 3.8) is 0 Å². The molecule has 2 aliphatic heterocycles. The molecular formula is C50H97NO13. The molecule has 64 heavy (non-hydrogen) atoms. The first kappa shape index (κ1) is 59.1. The summed E-state index contributed by atoms with van der Waals surface area (Å²) in [5.41, 5.74) is 0. The van der Waals surface area contributed by atoms with Crippen LogP contribution >= 0.6 is 0 Å². The van der Waals surface area contributed by atoms with Crippen LogP contribution in [0.2, 0.25) is 0 Å². The van der Waals surface area contributed by atoms with Crippen molar-refractivity contribution in [2.45, 2.75) is 293 Å². The minimum Gasteiger partial charge on any atom is -0.394 e. The van der Waals surface area contributed by atoms with E-state index < -0.39 is 86.8 Å². The first-order valence-corrected chi connectivity index (χ1v) is 26.3. The zero-order valence-electron chi connectivity index (χ0n) is 40.3. The average molecular weight is 920 g/mol. The maximum absolute atomic E-state index is 13.1. The Hall–Kier alpha value is -1.01. The molecule has 14 nitrogen and oxygen atoms in total. The Balaban J connectivity index is 1.74. The third kappa shape index (κ3) is 24.8. The molecule has 380 valence electrons. The van der Waals surface area contributed by atoms with Crippen LogP contribution in [-0.4, -0.2) is 140 Å². The van der Waals surface area contributed by atoms with Crippen LogP contribution in [0.4, 0.5) is 0 Å². The highest BCUT2D eigenvalue weighted by atomic mass is 16.7. The van der Waals surface area contributed by atoms with Crippen molar-refractivity contribution in [3.05, 3.63) is 0 Å². The van der Waals surface area contributed by atoms with E-state index in [1.807, 2.05) is 0 Å². The van der Waals surface area contributed by atoms with Gasteiger partial charge in [-0.2, -0.15) is 0 Å². The first-order valence-electron chi connectivity index (χ1n) is 26.3. The summed E-state index contributed by atoms with van der Waals surface area (Å²) < 4.78 is 22.7. The van der Waals surface area contributed by atoms with Crippen LogP contribution in [0.15, 0.2) is 0 Å². The highest BCUT2D eigenvalue weighted by molar-refractivity contribution is 5.76. The Morgan fingerprint density at radius 2 is 0.891 bits per heavy atom. The Morgan fingerprint density at radius 3 is 1.33 bits per heavy atom. The van der Waals surface area contributed by atoms with Gasteiger partial charge in [-0.05, 0) is 12.8 Å². The number of hydrogen-bond donors (Lipinski definition) is 9. The SMILES string of the molecule is CCCCCCCCCCCCCCCCCCCCCCCCC(O)C(COC1OC(CO)C(OC2OC(CO)C(O)C(O)C2O)C(O)C1O)NC(=O)CCCCCCCCCC. The van der Waals surface area contributed by atoms with E-state index in [0.29, 0.717) is 12.8 Å². The van der Waals surface area contributed by atoms with Crippen LogP contribution in [-0.2, 0) is 23.7 Å². The van der Waals surface area contributed by atoms with Gasteiger partial charge in [-0.1, -0.05) is 200 Å². The van der Waals surface area contributed by atoms with Crippen LogP contribution in [0.3, 0.4) is 0 Å². The minimum absolute atomic E-state index is 0.209. The number of carbonyl (C=O) groups excluding carboxylic acids is 1. The van der Waals surface area contributed by atoms with Gasteiger partial charge < -0.3 is 65.1 Å². The van der Waals surface area contributed by atoms with Crippen LogP contribution in [0.1, 0.15) is 219 Å². The number of unbranched alkanes of at least 4 members (excludes halogenated alkanes) is 28. The summed E-state index contributed by atoms with van der Waals surface area (Å²) in [6, 6.07) is -0.819. The molecule has 2 heterocycles. The predicted octanol–water partition coefficient (Wildman–Crippen LogP) is 7.00. The third-order valence-corrected chi connectivity index (χ3v) is 13.3. The zero-order valence-corrected chi connectivity index (χ0v) is 40.3. The largest absolute Gasteiger partial charge is 0.394 e. The summed E-state index contributed by atoms with van der Waals surface area (Å²) >= 11 is 0. The average Bonchev–Trinajstić information content (AvgIpc) is 3.29. The number of nitrogens with one attached hydrogen (secondary N) is 1. The molecule has 0 aromatic rings. The van der Waals surface area contributed by atoms with Gasteiger partial charge in [0.25, 0.3) is 0 Å². The number of rotatable bonds is 41. The van der Waals surface area contributed by atoms with Crippen molar-refractivity contribution in [2.75, 3.05) is 19.8 Å². The van der Waals surface area contributed by atoms with E-state index >= 15 is 0 Å². The number of ether oxygens (including phenoxy) is 4. The molecular weight excluding hydrogens is 823 g/mol. The van der Waals surface area contributed by atoms with E-state index in [0.717, 1.165) is 51.4 Å². The van der Waals surface area contributed by atoms with Gasteiger partial charge in [0.1, 0.15) is 48.8 Å². The van der Waals surface area contributed by atoms with Gasteiger partial charge in [0.2, 0.25) is 5.91 Å². The van der Waals surface area contributed by atoms with Crippen molar-refractivity contribution < 1.29 is 64.6 Å². The molecule has 14 heteroatoms. The predicted molar refractivity (Wildman–Crippen MR) is 249 cm³/mol. The van der Waals surface area contributed by atoms with Gasteiger partial charge in [-0.3, -0.25) is 4.79 Å². The lowest BCUT2D eigenvalue weighted by Gasteiger charge is -2.46. The molecule has 1 amide bonds. The fourth-order valence-electron chi connectivity index (χ4n) is 9.00. The molecule has 12 atom stereocenters. The number of aliphatic hydroxyl groups is 8. The monoisotopic (exact) mass is 920 g/mol. The summed E-state index contributed by atoms with van der Waals surface area (Å²) in [5, 5.41) is 86.8. The smallest absolute Gasteiger partial charge is 0.220 e. The molecule has 0 aliphatic carbocycles. The third-order valence-electron chi connectivity index (χ3n) is 13.3. The van der Waals surface area contributed by atoms with E-state index in [9.17, 15) is 45.6 Å². The lowest BCUT2D eigenvalue weighted by molar-refractivity contribution is -0.359. The van der Waals surface area contributed by atoms with Crippen LogP contribution < -0.4 is 5.32 Å². The summed E-state index contributed by atoms with van der Waals surface area (Å²) in [4.78, 5) is 13.1. The normalized spacial score (nSPS) is 27.2. The quantitative estimate of drug-likeness (QED) is 0.0282.